The number of aromatic nitrogens is 1. The van der Waals surface area contributed by atoms with E-state index in [-0.39, 0.29) is 12.2 Å². The average Bonchev–Trinajstić information content (AvgIpc) is 3.04. The lowest BCUT2D eigenvalue weighted by molar-refractivity contribution is -0.00488. The normalized spacial score (nSPS) is 28.8. The summed E-state index contributed by atoms with van der Waals surface area (Å²) in [7, 11) is 1.73. The smallest absolute Gasteiger partial charge is 0.122 e. The predicted octanol–water partition coefficient (Wildman–Crippen LogP) is 2.27. The van der Waals surface area contributed by atoms with Crippen molar-refractivity contribution in [2.45, 2.75) is 57.4 Å². The molecule has 1 aromatic heterocycles. The van der Waals surface area contributed by atoms with Crippen LogP contribution >= 0.6 is 11.3 Å². The standard InChI is InChI=1S/C17H29N3O2S/c1-13(22-2)17-18-14(12-23-17)11-19-7-9-20(10-8-19)15-5-3-4-6-16(15)21/h12-13,15-16,21H,3-11H2,1-2H3/t13-,15-,16+/m1/s1. The van der Waals surface area contributed by atoms with Gasteiger partial charge in [-0.1, -0.05) is 12.8 Å². The molecule has 0 aromatic carbocycles. The molecule has 6 heteroatoms. The van der Waals surface area contributed by atoms with E-state index >= 15 is 0 Å². The Morgan fingerprint density at radius 2 is 2.04 bits per heavy atom. The number of rotatable bonds is 5. The van der Waals surface area contributed by atoms with Crippen LogP contribution in [0.5, 0.6) is 0 Å². The van der Waals surface area contributed by atoms with Crippen LogP contribution in [0.2, 0.25) is 0 Å². The summed E-state index contributed by atoms with van der Waals surface area (Å²) in [4.78, 5) is 9.67. The number of methoxy groups -OCH3 is 1. The first-order chi connectivity index (χ1) is 11.2. The lowest BCUT2D eigenvalue weighted by atomic mass is 9.91. The van der Waals surface area contributed by atoms with E-state index in [1.165, 1.54) is 12.8 Å². The first-order valence-corrected chi connectivity index (χ1v) is 9.67. The largest absolute Gasteiger partial charge is 0.391 e. The van der Waals surface area contributed by atoms with Gasteiger partial charge < -0.3 is 9.84 Å². The number of thiazole rings is 1. The fourth-order valence-electron chi connectivity index (χ4n) is 3.68. The van der Waals surface area contributed by atoms with E-state index in [0.717, 1.165) is 56.3 Å². The van der Waals surface area contributed by atoms with Crippen LogP contribution in [0, 0.1) is 0 Å². The maximum atomic E-state index is 10.2. The zero-order valence-corrected chi connectivity index (χ0v) is 15.1. The summed E-state index contributed by atoms with van der Waals surface area (Å²) >= 11 is 1.69. The van der Waals surface area contributed by atoms with Crippen molar-refractivity contribution in [3.8, 4) is 0 Å². The van der Waals surface area contributed by atoms with Crippen molar-refractivity contribution in [3.05, 3.63) is 16.1 Å². The molecule has 0 bridgehead atoms. The second-order valence-corrected chi connectivity index (χ2v) is 7.68. The van der Waals surface area contributed by atoms with Gasteiger partial charge in [0, 0.05) is 51.3 Å². The molecule has 1 aliphatic heterocycles. The predicted molar refractivity (Wildman–Crippen MR) is 92.7 cm³/mol. The Hall–Kier alpha value is -0.530. The number of aliphatic hydroxyl groups is 1. The van der Waals surface area contributed by atoms with Gasteiger partial charge in [0.05, 0.1) is 11.8 Å². The molecular weight excluding hydrogens is 310 g/mol. The number of nitrogens with zero attached hydrogens (tertiary/aromatic N) is 3. The Labute approximate surface area is 143 Å². The third-order valence-electron chi connectivity index (χ3n) is 5.23. The highest BCUT2D eigenvalue weighted by Crippen LogP contribution is 2.25. The van der Waals surface area contributed by atoms with E-state index < -0.39 is 0 Å². The molecule has 1 N–H and O–H groups in total. The molecule has 2 heterocycles. The van der Waals surface area contributed by atoms with E-state index in [1.54, 1.807) is 18.4 Å². The van der Waals surface area contributed by atoms with Gasteiger partial charge in [-0.3, -0.25) is 9.80 Å². The quantitative estimate of drug-likeness (QED) is 0.892. The van der Waals surface area contributed by atoms with Gasteiger partial charge in [-0.2, -0.15) is 0 Å². The number of piperazine rings is 1. The monoisotopic (exact) mass is 339 g/mol. The van der Waals surface area contributed by atoms with Gasteiger partial charge in [-0.15, -0.1) is 11.3 Å². The van der Waals surface area contributed by atoms with Crippen molar-refractivity contribution >= 4 is 11.3 Å². The fraction of sp³-hybridized carbons (Fsp3) is 0.824. The van der Waals surface area contributed by atoms with Crippen LogP contribution in [-0.4, -0.2) is 65.3 Å². The summed E-state index contributed by atoms with van der Waals surface area (Å²) in [5.41, 5.74) is 1.15. The van der Waals surface area contributed by atoms with Gasteiger partial charge in [0.1, 0.15) is 11.1 Å². The molecule has 1 aliphatic carbocycles. The molecular formula is C17H29N3O2S. The summed E-state index contributed by atoms with van der Waals surface area (Å²) in [6.07, 6.45) is 4.55. The number of hydrogen-bond donors (Lipinski definition) is 1. The molecule has 5 nitrogen and oxygen atoms in total. The molecule has 0 radical (unpaired) electrons. The van der Waals surface area contributed by atoms with Crippen LogP contribution in [0.1, 0.15) is 49.4 Å². The van der Waals surface area contributed by atoms with Crippen molar-refractivity contribution in [2.75, 3.05) is 33.3 Å². The van der Waals surface area contributed by atoms with E-state index in [9.17, 15) is 5.11 Å². The minimum atomic E-state index is -0.119. The van der Waals surface area contributed by atoms with Crippen molar-refractivity contribution in [2.24, 2.45) is 0 Å². The molecule has 3 atom stereocenters. The first kappa shape index (κ1) is 17.3. The molecule has 0 spiro atoms. The zero-order chi connectivity index (χ0) is 16.2. The summed E-state index contributed by atoms with van der Waals surface area (Å²) in [5, 5.41) is 13.4. The lowest BCUT2D eigenvalue weighted by Crippen LogP contribution is -2.54. The summed E-state index contributed by atoms with van der Waals surface area (Å²) in [5.74, 6) is 0. The van der Waals surface area contributed by atoms with E-state index in [2.05, 4.69) is 15.2 Å². The third-order valence-corrected chi connectivity index (χ3v) is 6.28. The van der Waals surface area contributed by atoms with Crippen LogP contribution in [0.25, 0.3) is 0 Å². The van der Waals surface area contributed by atoms with Crippen LogP contribution in [-0.2, 0) is 11.3 Å². The number of ether oxygens (including phenoxy) is 1. The topological polar surface area (TPSA) is 48.8 Å². The molecule has 1 aromatic rings. The molecule has 0 amide bonds. The molecule has 1 saturated heterocycles. The van der Waals surface area contributed by atoms with Crippen molar-refractivity contribution in [1.82, 2.24) is 14.8 Å². The van der Waals surface area contributed by atoms with Crippen LogP contribution in [0.15, 0.2) is 5.38 Å². The Morgan fingerprint density at radius 3 is 2.74 bits per heavy atom. The van der Waals surface area contributed by atoms with Crippen molar-refractivity contribution in [1.29, 1.82) is 0 Å². The number of hydrogen-bond acceptors (Lipinski definition) is 6. The summed E-state index contributed by atoms with van der Waals surface area (Å²) < 4.78 is 5.33. The zero-order valence-electron chi connectivity index (χ0n) is 14.3. The van der Waals surface area contributed by atoms with Gasteiger partial charge in [0.15, 0.2) is 0 Å². The van der Waals surface area contributed by atoms with E-state index in [0.29, 0.717) is 6.04 Å². The minimum absolute atomic E-state index is 0.0818. The SMILES string of the molecule is CO[C@H](C)c1nc(CN2CCN([C@@H]3CCCC[C@@H]3O)CC2)cs1. The highest BCUT2D eigenvalue weighted by atomic mass is 32.1. The molecule has 23 heavy (non-hydrogen) atoms. The fourth-order valence-corrected chi connectivity index (χ4v) is 4.52. The second kappa shape index (κ2) is 8.03. The highest BCUT2D eigenvalue weighted by Gasteiger charge is 2.30. The highest BCUT2D eigenvalue weighted by molar-refractivity contribution is 7.09. The van der Waals surface area contributed by atoms with Crippen molar-refractivity contribution in [3.63, 3.8) is 0 Å². The van der Waals surface area contributed by atoms with Gasteiger partial charge in [-0.05, 0) is 19.8 Å². The average molecular weight is 340 g/mol. The van der Waals surface area contributed by atoms with Crippen LogP contribution in [0.4, 0.5) is 0 Å². The molecule has 2 fully saturated rings. The molecule has 130 valence electrons. The molecule has 1 saturated carbocycles. The summed E-state index contributed by atoms with van der Waals surface area (Å²) in [6.45, 7) is 7.22. The Morgan fingerprint density at radius 1 is 1.30 bits per heavy atom. The maximum absolute atomic E-state index is 10.2. The van der Waals surface area contributed by atoms with Gasteiger partial charge in [-0.25, -0.2) is 4.98 Å². The van der Waals surface area contributed by atoms with Crippen LogP contribution < -0.4 is 0 Å². The van der Waals surface area contributed by atoms with Crippen LogP contribution in [0.3, 0.4) is 0 Å². The molecule has 3 rings (SSSR count). The van der Waals surface area contributed by atoms with E-state index in [4.69, 9.17) is 9.72 Å². The van der Waals surface area contributed by atoms with E-state index in [1.807, 2.05) is 6.92 Å². The Bertz CT molecular complexity index is 488. The third kappa shape index (κ3) is 4.31. The molecule has 0 unspecified atom stereocenters. The number of aliphatic hydroxyl groups excluding tert-OH is 1. The Balaban J connectivity index is 1.48. The van der Waals surface area contributed by atoms with Gasteiger partial charge >= 0.3 is 0 Å². The maximum Gasteiger partial charge on any atom is 0.122 e. The minimum Gasteiger partial charge on any atom is -0.391 e. The van der Waals surface area contributed by atoms with Crippen molar-refractivity contribution < 1.29 is 9.84 Å². The second-order valence-electron chi connectivity index (χ2n) is 6.79. The lowest BCUT2D eigenvalue weighted by Gasteiger charge is -2.42. The summed E-state index contributed by atoms with van der Waals surface area (Å²) in [6, 6.07) is 0.388. The Kier molecular flexibility index (Phi) is 6.04. The molecule has 2 aliphatic rings. The van der Waals surface area contributed by atoms with Gasteiger partial charge in [0.2, 0.25) is 0 Å². The van der Waals surface area contributed by atoms with Gasteiger partial charge in [0.25, 0.3) is 0 Å². The first-order valence-electron chi connectivity index (χ1n) is 8.79.